The Hall–Kier alpha value is -1.80. The third kappa shape index (κ3) is 4.60. The van der Waals surface area contributed by atoms with Crippen molar-refractivity contribution in [1.29, 1.82) is 0 Å². The molecule has 1 amide bonds. The highest BCUT2D eigenvalue weighted by molar-refractivity contribution is 5.82. The monoisotopic (exact) mass is 318 g/mol. The maximum Gasteiger partial charge on any atom is 0.573 e. The van der Waals surface area contributed by atoms with E-state index in [0.717, 1.165) is 0 Å². The van der Waals surface area contributed by atoms with Crippen LogP contribution in [0.4, 0.5) is 13.2 Å². The maximum atomic E-state index is 12.1. The molecular formula is C14H17F3N2O3. The van der Waals surface area contributed by atoms with Gasteiger partial charge in [0.1, 0.15) is 5.75 Å². The zero-order chi connectivity index (χ0) is 16.3. The van der Waals surface area contributed by atoms with Crippen LogP contribution in [-0.2, 0) is 4.79 Å². The van der Waals surface area contributed by atoms with Gasteiger partial charge in [-0.15, -0.1) is 13.2 Å². The molecule has 1 fully saturated rings. The summed E-state index contributed by atoms with van der Waals surface area (Å²) in [5.74, 6) is -0.560. The van der Waals surface area contributed by atoms with Gasteiger partial charge in [-0.25, -0.2) is 0 Å². The second-order valence-electron chi connectivity index (χ2n) is 5.20. The van der Waals surface area contributed by atoms with E-state index >= 15 is 0 Å². The number of rotatable bonds is 4. The molecule has 1 aromatic rings. The summed E-state index contributed by atoms with van der Waals surface area (Å²) in [5.41, 5.74) is 0.654. The Balaban J connectivity index is 1.92. The second-order valence-corrected chi connectivity index (χ2v) is 5.20. The molecule has 1 aliphatic heterocycles. The molecule has 22 heavy (non-hydrogen) atoms. The van der Waals surface area contributed by atoms with Crippen LogP contribution in [0.25, 0.3) is 0 Å². The summed E-state index contributed by atoms with van der Waals surface area (Å²) in [6.45, 7) is 2.10. The fourth-order valence-electron chi connectivity index (χ4n) is 2.27. The maximum absolute atomic E-state index is 12.1. The number of amides is 1. The summed E-state index contributed by atoms with van der Waals surface area (Å²) < 4.78 is 40.0. The molecule has 3 N–H and O–H groups in total. The zero-order valence-corrected chi connectivity index (χ0v) is 11.9. The van der Waals surface area contributed by atoms with Gasteiger partial charge in [0.05, 0.1) is 18.2 Å². The van der Waals surface area contributed by atoms with E-state index in [-0.39, 0.29) is 17.7 Å². The quantitative estimate of drug-likeness (QED) is 0.786. The van der Waals surface area contributed by atoms with Crippen molar-refractivity contribution in [3.63, 3.8) is 0 Å². The Morgan fingerprint density at radius 1 is 1.41 bits per heavy atom. The lowest BCUT2D eigenvalue weighted by molar-refractivity contribution is -0.274. The number of aliphatic hydroxyl groups is 1. The molecule has 0 spiro atoms. The molecule has 0 bridgehead atoms. The number of alkyl halides is 3. The number of nitrogens with one attached hydrogen (secondary N) is 2. The summed E-state index contributed by atoms with van der Waals surface area (Å²) in [4.78, 5) is 12.0. The minimum absolute atomic E-state index is 0.250. The SMILES string of the molecule is C[C@H](NC(=O)[C@H]1C[C@H](O)CN1)c1ccc(OC(F)(F)F)cc1. The van der Waals surface area contributed by atoms with Crippen molar-refractivity contribution in [2.75, 3.05) is 6.54 Å². The van der Waals surface area contributed by atoms with Crippen molar-refractivity contribution in [3.8, 4) is 5.75 Å². The lowest BCUT2D eigenvalue weighted by Gasteiger charge is -2.18. The van der Waals surface area contributed by atoms with Gasteiger partial charge >= 0.3 is 6.36 Å². The van der Waals surface area contributed by atoms with Crippen LogP contribution in [0.3, 0.4) is 0 Å². The zero-order valence-electron chi connectivity index (χ0n) is 11.9. The molecule has 1 saturated heterocycles. The fraction of sp³-hybridized carbons (Fsp3) is 0.500. The average molecular weight is 318 g/mol. The van der Waals surface area contributed by atoms with E-state index in [1.54, 1.807) is 6.92 Å². The molecule has 2 rings (SSSR count). The highest BCUT2D eigenvalue weighted by Crippen LogP contribution is 2.24. The van der Waals surface area contributed by atoms with Gasteiger partial charge < -0.3 is 20.5 Å². The smallest absolute Gasteiger partial charge is 0.406 e. The van der Waals surface area contributed by atoms with Crippen molar-refractivity contribution in [1.82, 2.24) is 10.6 Å². The lowest BCUT2D eigenvalue weighted by atomic mass is 10.1. The average Bonchev–Trinajstić information content (AvgIpc) is 2.84. The van der Waals surface area contributed by atoms with Crippen LogP contribution in [-0.4, -0.2) is 36.1 Å². The Kier molecular flexibility index (Phi) is 4.92. The van der Waals surface area contributed by atoms with Crippen LogP contribution in [0.5, 0.6) is 5.75 Å². The van der Waals surface area contributed by atoms with E-state index < -0.39 is 18.5 Å². The minimum Gasteiger partial charge on any atom is -0.406 e. The Morgan fingerprint density at radius 2 is 2.05 bits per heavy atom. The van der Waals surface area contributed by atoms with E-state index in [1.807, 2.05) is 0 Å². The molecule has 0 radical (unpaired) electrons. The predicted molar refractivity (Wildman–Crippen MR) is 72.1 cm³/mol. The number of carbonyl (C=O) groups is 1. The molecular weight excluding hydrogens is 301 g/mol. The number of halogens is 3. The summed E-state index contributed by atoms with van der Waals surface area (Å²) in [6, 6.07) is 4.50. The topological polar surface area (TPSA) is 70.6 Å². The van der Waals surface area contributed by atoms with Crippen molar-refractivity contribution >= 4 is 5.91 Å². The van der Waals surface area contributed by atoms with E-state index in [1.165, 1.54) is 24.3 Å². The molecule has 5 nitrogen and oxygen atoms in total. The Labute approximate surface area is 125 Å². The highest BCUT2D eigenvalue weighted by atomic mass is 19.4. The first-order valence-corrected chi connectivity index (χ1v) is 6.82. The van der Waals surface area contributed by atoms with E-state index in [2.05, 4.69) is 15.4 Å². The third-order valence-electron chi connectivity index (χ3n) is 3.40. The molecule has 0 unspecified atom stereocenters. The summed E-state index contributed by atoms with van der Waals surface area (Å²) >= 11 is 0. The summed E-state index contributed by atoms with van der Waals surface area (Å²) in [5, 5.41) is 15.0. The lowest BCUT2D eigenvalue weighted by Crippen LogP contribution is -2.41. The minimum atomic E-state index is -4.73. The summed E-state index contributed by atoms with van der Waals surface area (Å²) in [7, 11) is 0. The standard InChI is InChI=1S/C14H17F3N2O3/c1-8(19-13(21)12-6-10(20)7-18-12)9-2-4-11(5-3-9)22-14(15,16)17/h2-5,8,10,12,18,20H,6-7H2,1H3,(H,19,21)/t8-,10-,12+/m0/s1. The normalized spacial score (nSPS) is 23.1. The van der Waals surface area contributed by atoms with Gasteiger partial charge in [-0.3, -0.25) is 4.79 Å². The molecule has 1 heterocycles. The van der Waals surface area contributed by atoms with Crippen LogP contribution in [0.15, 0.2) is 24.3 Å². The number of hydrogen-bond donors (Lipinski definition) is 3. The largest absolute Gasteiger partial charge is 0.573 e. The van der Waals surface area contributed by atoms with Crippen LogP contribution in [0.1, 0.15) is 24.9 Å². The van der Waals surface area contributed by atoms with Gasteiger partial charge in [-0.05, 0) is 31.0 Å². The first-order valence-electron chi connectivity index (χ1n) is 6.82. The van der Waals surface area contributed by atoms with Crippen molar-refractivity contribution < 1.29 is 27.8 Å². The van der Waals surface area contributed by atoms with Gasteiger partial charge in [0.25, 0.3) is 0 Å². The Bertz CT molecular complexity index is 519. The van der Waals surface area contributed by atoms with Crippen LogP contribution in [0.2, 0.25) is 0 Å². The second kappa shape index (κ2) is 6.53. The van der Waals surface area contributed by atoms with Gasteiger partial charge in [-0.2, -0.15) is 0 Å². The van der Waals surface area contributed by atoms with Crippen LogP contribution >= 0.6 is 0 Å². The van der Waals surface area contributed by atoms with E-state index in [4.69, 9.17) is 0 Å². The van der Waals surface area contributed by atoms with Crippen LogP contribution < -0.4 is 15.4 Å². The third-order valence-corrected chi connectivity index (χ3v) is 3.40. The van der Waals surface area contributed by atoms with Crippen molar-refractivity contribution in [2.45, 2.75) is 37.9 Å². The number of β-amino-alcohol motifs (C(OH)–C–C–N with tert-alkyl or cyclic N) is 1. The molecule has 3 atom stereocenters. The highest BCUT2D eigenvalue weighted by Gasteiger charge is 2.31. The van der Waals surface area contributed by atoms with Gasteiger partial charge in [0.2, 0.25) is 5.91 Å². The summed E-state index contributed by atoms with van der Waals surface area (Å²) in [6.07, 6.45) is -4.92. The molecule has 0 saturated carbocycles. The first-order chi connectivity index (χ1) is 10.2. The molecule has 0 aliphatic carbocycles. The number of ether oxygens (including phenoxy) is 1. The Morgan fingerprint density at radius 3 is 2.55 bits per heavy atom. The van der Waals surface area contributed by atoms with E-state index in [9.17, 15) is 23.1 Å². The number of carbonyl (C=O) groups excluding carboxylic acids is 1. The first kappa shape index (κ1) is 16.6. The van der Waals surface area contributed by atoms with Gasteiger partial charge in [-0.1, -0.05) is 12.1 Å². The van der Waals surface area contributed by atoms with E-state index in [0.29, 0.717) is 18.5 Å². The molecule has 1 aliphatic rings. The van der Waals surface area contributed by atoms with Crippen LogP contribution in [0, 0.1) is 0 Å². The van der Waals surface area contributed by atoms with Gasteiger partial charge in [0, 0.05) is 6.54 Å². The number of aliphatic hydroxyl groups excluding tert-OH is 1. The molecule has 0 aromatic heterocycles. The van der Waals surface area contributed by atoms with Crippen molar-refractivity contribution in [2.24, 2.45) is 0 Å². The van der Waals surface area contributed by atoms with Gasteiger partial charge in [0.15, 0.2) is 0 Å². The number of benzene rings is 1. The molecule has 1 aromatic carbocycles. The van der Waals surface area contributed by atoms with Crippen molar-refractivity contribution in [3.05, 3.63) is 29.8 Å². The fourth-order valence-corrected chi connectivity index (χ4v) is 2.27. The number of hydrogen-bond acceptors (Lipinski definition) is 4. The molecule has 122 valence electrons. The molecule has 8 heteroatoms. The predicted octanol–water partition coefficient (Wildman–Crippen LogP) is 1.49.